The third-order valence-corrected chi connectivity index (χ3v) is 3.07. The molecule has 2 unspecified atom stereocenters. The number of piperidine rings is 1. The molecule has 0 aliphatic carbocycles. The highest BCUT2D eigenvalue weighted by molar-refractivity contribution is 5.74. The van der Waals surface area contributed by atoms with E-state index < -0.39 is 0 Å². The molecule has 1 rings (SSSR count). The van der Waals surface area contributed by atoms with Crippen LogP contribution in [0.4, 0.5) is 4.79 Å². The van der Waals surface area contributed by atoms with E-state index in [1.165, 1.54) is 0 Å². The highest BCUT2D eigenvalue weighted by atomic mass is 16.2. The minimum Gasteiger partial charge on any atom is -0.338 e. The summed E-state index contributed by atoms with van der Waals surface area (Å²) in [5.74, 6) is 0.413. The van der Waals surface area contributed by atoms with Crippen molar-refractivity contribution >= 4 is 6.03 Å². The standard InChI is InChI=1S/C11H23N3O/c1-3-4-6-13-11(15)14-7-5-10(12)9(2)8-14/h9-10H,3-8,12H2,1-2H3,(H,13,15). The third kappa shape index (κ3) is 3.70. The van der Waals surface area contributed by atoms with Gasteiger partial charge in [-0.15, -0.1) is 0 Å². The van der Waals surface area contributed by atoms with E-state index in [1.807, 2.05) is 4.90 Å². The van der Waals surface area contributed by atoms with E-state index in [4.69, 9.17) is 5.73 Å². The molecule has 1 fully saturated rings. The number of hydrogen-bond acceptors (Lipinski definition) is 2. The van der Waals surface area contributed by atoms with Crippen LogP contribution in [0.1, 0.15) is 33.1 Å². The summed E-state index contributed by atoms with van der Waals surface area (Å²) in [4.78, 5) is 13.6. The topological polar surface area (TPSA) is 58.4 Å². The fourth-order valence-electron chi connectivity index (χ4n) is 1.83. The fraction of sp³-hybridized carbons (Fsp3) is 0.909. The van der Waals surface area contributed by atoms with Crippen molar-refractivity contribution in [2.45, 2.75) is 39.2 Å². The minimum absolute atomic E-state index is 0.0715. The Bertz CT molecular complexity index is 208. The molecule has 1 aliphatic rings. The molecule has 88 valence electrons. The van der Waals surface area contributed by atoms with Gasteiger partial charge in [-0.3, -0.25) is 0 Å². The number of nitrogens with two attached hydrogens (primary N) is 1. The number of nitrogens with one attached hydrogen (secondary N) is 1. The summed E-state index contributed by atoms with van der Waals surface area (Å²) in [7, 11) is 0. The first-order chi connectivity index (χ1) is 7.15. The van der Waals surface area contributed by atoms with Crippen LogP contribution < -0.4 is 11.1 Å². The molecule has 0 aromatic heterocycles. The quantitative estimate of drug-likeness (QED) is 0.691. The van der Waals surface area contributed by atoms with Crippen LogP contribution in [-0.2, 0) is 0 Å². The van der Waals surface area contributed by atoms with Crippen molar-refractivity contribution in [1.29, 1.82) is 0 Å². The molecule has 0 saturated carbocycles. The zero-order valence-corrected chi connectivity index (χ0v) is 9.83. The van der Waals surface area contributed by atoms with E-state index in [0.717, 1.165) is 38.9 Å². The largest absolute Gasteiger partial charge is 0.338 e. The van der Waals surface area contributed by atoms with Crippen molar-refractivity contribution < 1.29 is 4.79 Å². The summed E-state index contributed by atoms with van der Waals surface area (Å²) in [5, 5.41) is 2.93. The van der Waals surface area contributed by atoms with Crippen LogP contribution in [0.15, 0.2) is 0 Å². The van der Waals surface area contributed by atoms with Gasteiger partial charge in [0, 0.05) is 25.7 Å². The summed E-state index contributed by atoms with van der Waals surface area (Å²) in [6.07, 6.45) is 3.08. The van der Waals surface area contributed by atoms with Crippen LogP contribution in [0.2, 0.25) is 0 Å². The number of amides is 2. The summed E-state index contributed by atoms with van der Waals surface area (Å²) < 4.78 is 0. The van der Waals surface area contributed by atoms with Crippen molar-refractivity contribution in [3.8, 4) is 0 Å². The van der Waals surface area contributed by atoms with Crippen molar-refractivity contribution in [2.75, 3.05) is 19.6 Å². The number of carbonyl (C=O) groups excluding carboxylic acids is 1. The predicted molar refractivity (Wildman–Crippen MR) is 61.6 cm³/mol. The predicted octanol–water partition coefficient (Wildman–Crippen LogP) is 1.17. The van der Waals surface area contributed by atoms with Crippen LogP contribution in [0.5, 0.6) is 0 Å². The zero-order chi connectivity index (χ0) is 11.3. The lowest BCUT2D eigenvalue weighted by Crippen LogP contribution is -2.51. The minimum atomic E-state index is 0.0715. The van der Waals surface area contributed by atoms with E-state index in [2.05, 4.69) is 19.2 Å². The van der Waals surface area contributed by atoms with Gasteiger partial charge >= 0.3 is 6.03 Å². The van der Waals surface area contributed by atoms with Crippen molar-refractivity contribution in [2.24, 2.45) is 11.7 Å². The van der Waals surface area contributed by atoms with E-state index in [-0.39, 0.29) is 12.1 Å². The van der Waals surface area contributed by atoms with Gasteiger partial charge in [0.2, 0.25) is 0 Å². The normalized spacial score (nSPS) is 26.5. The Morgan fingerprint density at radius 1 is 1.60 bits per heavy atom. The molecule has 0 aromatic rings. The maximum absolute atomic E-state index is 11.7. The van der Waals surface area contributed by atoms with Gasteiger partial charge in [0.25, 0.3) is 0 Å². The molecule has 1 saturated heterocycles. The van der Waals surface area contributed by atoms with E-state index in [1.54, 1.807) is 0 Å². The Labute approximate surface area is 92.2 Å². The number of rotatable bonds is 3. The fourth-order valence-corrected chi connectivity index (χ4v) is 1.83. The van der Waals surface area contributed by atoms with Crippen molar-refractivity contribution in [3.05, 3.63) is 0 Å². The number of hydrogen-bond donors (Lipinski definition) is 2. The first-order valence-electron chi connectivity index (χ1n) is 5.93. The molecule has 2 atom stereocenters. The number of unbranched alkanes of at least 4 members (excludes halogenated alkanes) is 1. The Balaban J connectivity index is 2.28. The molecule has 0 spiro atoms. The molecule has 3 N–H and O–H groups in total. The molecular formula is C11H23N3O. The van der Waals surface area contributed by atoms with E-state index in [0.29, 0.717) is 5.92 Å². The van der Waals surface area contributed by atoms with Crippen LogP contribution in [0.3, 0.4) is 0 Å². The van der Waals surface area contributed by atoms with Crippen molar-refractivity contribution in [3.63, 3.8) is 0 Å². The molecule has 1 heterocycles. The number of nitrogens with zero attached hydrogens (tertiary/aromatic N) is 1. The Morgan fingerprint density at radius 2 is 2.33 bits per heavy atom. The zero-order valence-electron chi connectivity index (χ0n) is 9.83. The molecule has 4 heteroatoms. The SMILES string of the molecule is CCCCNC(=O)N1CCC(N)C(C)C1. The maximum atomic E-state index is 11.7. The molecular weight excluding hydrogens is 190 g/mol. The maximum Gasteiger partial charge on any atom is 0.317 e. The first-order valence-corrected chi connectivity index (χ1v) is 5.93. The average Bonchev–Trinajstić information content (AvgIpc) is 2.22. The Hall–Kier alpha value is -0.770. The van der Waals surface area contributed by atoms with Gasteiger partial charge < -0.3 is 16.0 Å². The van der Waals surface area contributed by atoms with Gasteiger partial charge in [-0.2, -0.15) is 0 Å². The molecule has 0 bridgehead atoms. The summed E-state index contributed by atoms with van der Waals surface area (Å²) in [6, 6.07) is 0.326. The summed E-state index contributed by atoms with van der Waals surface area (Å²) in [6.45, 7) is 6.60. The second-order valence-electron chi connectivity index (χ2n) is 4.46. The number of urea groups is 1. The van der Waals surface area contributed by atoms with Gasteiger partial charge in [-0.1, -0.05) is 20.3 Å². The molecule has 2 amide bonds. The van der Waals surface area contributed by atoms with Gasteiger partial charge in [-0.05, 0) is 18.8 Å². The summed E-state index contributed by atoms with van der Waals surface area (Å²) in [5.41, 5.74) is 5.90. The van der Waals surface area contributed by atoms with E-state index >= 15 is 0 Å². The first kappa shape index (κ1) is 12.3. The lowest BCUT2D eigenvalue weighted by molar-refractivity contribution is 0.160. The van der Waals surface area contributed by atoms with E-state index in [9.17, 15) is 4.79 Å². The van der Waals surface area contributed by atoms with Crippen LogP contribution in [0.25, 0.3) is 0 Å². The number of likely N-dealkylation sites (tertiary alicyclic amines) is 1. The lowest BCUT2D eigenvalue weighted by atomic mass is 9.95. The van der Waals surface area contributed by atoms with Crippen LogP contribution in [-0.4, -0.2) is 36.6 Å². The molecule has 0 aromatic carbocycles. The highest BCUT2D eigenvalue weighted by Gasteiger charge is 2.25. The van der Waals surface area contributed by atoms with Crippen molar-refractivity contribution in [1.82, 2.24) is 10.2 Å². The highest BCUT2D eigenvalue weighted by Crippen LogP contribution is 2.14. The van der Waals surface area contributed by atoms with Crippen LogP contribution in [0, 0.1) is 5.92 Å². The van der Waals surface area contributed by atoms with Gasteiger partial charge in [0.15, 0.2) is 0 Å². The second-order valence-corrected chi connectivity index (χ2v) is 4.46. The third-order valence-electron chi connectivity index (χ3n) is 3.07. The lowest BCUT2D eigenvalue weighted by Gasteiger charge is -2.35. The molecule has 15 heavy (non-hydrogen) atoms. The monoisotopic (exact) mass is 213 g/mol. The Morgan fingerprint density at radius 3 is 2.93 bits per heavy atom. The second kappa shape index (κ2) is 5.95. The molecule has 4 nitrogen and oxygen atoms in total. The Kier molecular flexibility index (Phi) is 4.88. The summed E-state index contributed by atoms with van der Waals surface area (Å²) >= 11 is 0. The van der Waals surface area contributed by atoms with Crippen LogP contribution >= 0.6 is 0 Å². The van der Waals surface area contributed by atoms with Gasteiger partial charge in [-0.25, -0.2) is 4.79 Å². The molecule has 0 radical (unpaired) electrons. The van der Waals surface area contributed by atoms with Gasteiger partial charge in [0.05, 0.1) is 0 Å². The smallest absolute Gasteiger partial charge is 0.317 e. The molecule has 1 aliphatic heterocycles. The number of carbonyl (C=O) groups is 1. The average molecular weight is 213 g/mol. The van der Waals surface area contributed by atoms with Gasteiger partial charge in [0.1, 0.15) is 0 Å².